The molecule has 254 valence electrons. The van der Waals surface area contributed by atoms with Gasteiger partial charge in [-0.2, -0.15) is 0 Å². The van der Waals surface area contributed by atoms with Crippen molar-refractivity contribution in [2.45, 2.75) is 12.1 Å². The van der Waals surface area contributed by atoms with Crippen molar-refractivity contribution in [2.75, 3.05) is 49.3 Å². The molecule has 0 aromatic heterocycles. The summed E-state index contributed by atoms with van der Waals surface area (Å²) in [6.07, 6.45) is -1.01. The fraction of sp³-hybridized carbons (Fsp3) is 0.222. The van der Waals surface area contributed by atoms with Gasteiger partial charge in [0.05, 0.1) is 33.5 Å². The van der Waals surface area contributed by atoms with Crippen LogP contribution in [-0.2, 0) is 19.1 Å². The zero-order valence-electron chi connectivity index (χ0n) is 26.2. The van der Waals surface area contributed by atoms with Crippen LogP contribution in [0.1, 0.15) is 0 Å². The van der Waals surface area contributed by atoms with Gasteiger partial charge in [-0.25, -0.2) is 9.59 Å². The van der Waals surface area contributed by atoms with E-state index in [0.29, 0.717) is 32.9 Å². The van der Waals surface area contributed by atoms with E-state index in [2.05, 4.69) is 10.6 Å². The number of alkyl carbamates (subject to hydrolysis) is 2. The third kappa shape index (κ3) is 5.80. The first-order valence-electron chi connectivity index (χ1n) is 15.8. The minimum Gasteiger partial charge on any atom is -0.482 e. The van der Waals surface area contributed by atoms with Crippen LogP contribution in [0.5, 0.6) is 11.5 Å². The van der Waals surface area contributed by atoms with Crippen LogP contribution in [0, 0.1) is 0 Å². The molecule has 4 aromatic rings. The second-order valence-corrected chi connectivity index (χ2v) is 12.9. The first-order valence-corrected chi connectivity index (χ1v) is 16.6. The number of nitrogens with zero attached hydrogens (tertiary/aromatic N) is 2. The summed E-state index contributed by atoms with van der Waals surface area (Å²) in [5, 5.41) is 6.37. The first-order chi connectivity index (χ1) is 24.2. The Bertz CT molecular complexity index is 1940. The van der Waals surface area contributed by atoms with Crippen molar-refractivity contribution in [1.29, 1.82) is 0 Å². The number of cyclic esters (lactones) is 2. The lowest BCUT2D eigenvalue weighted by atomic mass is 9.95. The van der Waals surface area contributed by atoms with Crippen LogP contribution < -0.4 is 29.9 Å². The molecule has 0 radical (unpaired) electrons. The highest BCUT2D eigenvalue weighted by Gasteiger charge is 2.33. The molecule has 2 N–H and O–H groups in total. The van der Waals surface area contributed by atoms with Crippen LogP contribution in [-0.4, -0.2) is 75.6 Å². The SMILES string of the molecule is O=C1N[C@@H](CN2C(=O)COc3cc(-c4cccc(-c5cccc(-c6ccc7c(c6)OCC(=O)N7C[C@H]6COC(=O)N6)c5Cl)c4Cl)ccc32)CO1. The molecule has 0 unspecified atom stereocenters. The van der Waals surface area contributed by atoms with Crippen molar-refractivity contribution in [1.82, 2.24) is 10.6 Å². The van der Waals surface area contributed by atoms with Crippen molar-refractivity contribution in [3.05, 3.63) is 82.8 Å². The lowest BCUT2D eigenvalue weighted by molar-refractivity contribution is -0.122. The third-order valence-corrected chi connectivity index (χ3v) is 9.81. The number of amides is 4. The van der Waals surface area contributed by atoms with E-state index < -0.39 is 12.2 Å². The maximum absolute atomic E-state index is 12.7. The summed E-state index contributed by atoms with van der Waals surface area (Å²) >= 11 is 14.2. The monoisotopic (exact) mass is 714 g/mol. The van der Waals surface area contributed by atoms with E-state index in [0.717, 1.165) is 33.4 Å². The number of hydrogen-bond donors (Lipinski definition) is 2. The molecule has 2 atom stereocenters. The van der Waals surface area contributed by atoms with Crippen molar-refractivity contribution in [3.63, 3.8) is 0 Å². The van der Waals surface area contributed by atoms with Gasteiger partial charge < -0.3 is 39.4 Å². The predicted octanol–water partition coefficient (Wildman–Crippen LogP) is 5.66. The van der Waals surface area contributed by atoms with Crippen molar-refractivity contribution in [3.8, 4) is 44.9 Å². The Morgan fingerprint density at radius 2 is 1.00 bits per heavy atom. The average Bonchev–Trinajstić information content (AvgIpc) is 3.73. The number of ether oxygens (including phenoxy) is 4. The van der Waals surface area contributed by atoms with Crippen LogP contribution in [0.15, 0.2) is 72.8 Å². The Hall–Kier alpha value is -5.46. The standard InChI is InChI=1S/C36H28Cl2N4O8/c37-33-23(19-7-9-27-29(11-19)47-17-31(43)41(27)13-21-15-49-35(45)39-21)3-1-5-25(33)26-6-2-4-24(34(26)38)20-8-10-28-30(12-20)48-18-32(44)42(28)14-22-16-50-36(46)40-22/h1-12,21-22H,13-18H2,(H,39,45)(H,40,46)/t21-,22-/m0/s1. The van der Waals surface area contributed by atoms with Crippen molar-refractivity contribution >= 4 is 58.6 Å². The lowest BCUT2D eigenvalue weighted by Gasteiger charge is -2.31. The van der Waals surface area contributed by atoms with Gasteiger partial charge in [0.15, 0.2) is 13.2 Å². The van der Waals surface area contributed by atoms with Crippen LogP contribution in [0.3, 0.4) is 0 Å². The van der Waals surface area contributed by atoms with Crippen molar-refractivity contribution in [2.24, 2.45) is 0 Å². The maximum atomic E-state index is 12.7. The summed E-state index contributed by atoms with van der Waals surface area (Å²) in [7, 11) is 0. The van der Waals surface area contributed by atoms with E-state index in [9.17, 15) is 19.2 Å². The largest absolute Gasteiger partial charge is 0.482 e. The number of halogens is 2. The first kappa shape index (κ1) is 31.8. The van der Waals surface area contributed by atoms with Crippen LogP contribution in [0.25, 0.3) is 33.4 Å². The number of carbonyl (C=O) groups excluding carboxylic acids is 4. The van der Waals surface area contributed by atoms with E-state index in [1.54, 1.807) is 21.9 Å². The molecule has 0 aliphatic carbocycles. The summed E-state index contributed by atoms with van der Waals surface area (Å²) in [6, 6.07) is 21.8. The normalized spacial score (nSPS) is 19.5. The second kappa shape index (κ2) is 12.8. The molecule has 14 heteroatoms. The third-order valence-electron chi connectivity index (χ3n) is 9.00. The average molecular weight is 716 g/mol. The minimum absolute atomic E-state index is 0.135. The molecule has 12 nitrogen and oxygen atoms in total. The smallest absolute Gasteiger partial charge is 0.407 e. The van der Waals surface area contributed by atoms with E-state index in [4.69, 9.17) is 42.1 Å². The summed E-state index contributed by atoms with van der Waals surface area (Å²) in [4.78, 5) is 51.7. The Labute approximate surface area is 295 Å². The Kier molecular flexibility index (Phi) is 8.12. The van der Waals surface area contributed by atoms with E-state index in [1.165, 1.54) is 0 Å². The van der Waals surface area contributed by atoms with Gasteiger partial charge in [0, 0.05) is 35.3 Å². The molecule has 4 aromatic carbocycles. The van der Waals surface area contributed by atoms with Gasteiger partial charge >= 0.3 is 12.2 Å². The molecule has 2 fully saturated rings. The zero-order valence-corrected chi connectivity index (χ0v) is 27.8. The predicted molar refractivity (Wildman–Crippen MR) is 185 cm³/mol. The molecule has 4 amide bonds. The summed E-state index contributed by atoms with van der Waals surface area (Å²) in [5.41, 5.74) is 5.67. The summed E-state index contributed by atoms with van der Waals surface area (Å²) < 4.78 is 21.6. The molecule has 8 rings (SSSR count). The molecule has 4 aliphatic rings. The zero-order chi connectivity index (χ0) is 34.5. The van der Waals surface area contributed by atoms with Gasteiger partial charge in [-0.1, -0.05) is 71.7 Å². The number of fused-ring (bicyclic) bond motifs is 2. The van der Waals surface area contributed by atoms with E-state index in [-0.39, 0.29) is 63.4 Å². The molecule has 0 saturated carbocycles. The molecule has 50 heavy (non-hydrogen) atoms. The van der Waals surface area contributed by atoms with Crippen LogP contribution in [0.4, 0.5) is 21.0 Å². The molecule has 2 saturated heterocycles. The van der Waals surface area contributed by atoms with E-state index >= 15 is 0 Å². The Morgan fingerprint density at radius 3 is 1.40 bits per heavy atom. The minimum atomic E-state index is -0.503. The molecule has 0 bridgehead atoms. The highest BCUT2D eigenvalue weighted by molar-refractivity contribution is 6.39. The number of hydrogen-bond acceptors (Lipinski definition) is 8. The fourth-order valence-corrected chi connectivity index (χ4v) is 7.23. The Morgan fingerprint density at radius 1 is 0.580 bits per heavy atom. The van der Waals surface area contributed by atoms with E-state index in [1.807, 2.05) is 60.7 Å². The Balaban J connectivity index is 1.08. The second-order valence-electron chi connectivity index (χ2n) is 12.2. The topological polar surface area (TPSA) is 136 Å². The summed E-state index contributed by atoms with van der Waals surface area (Å²) in [6.45, 7) is 0.609. The van der Waals surface area contributed by atoms with Crippen molar-refractivity contribution < 1.29 is 38.1 Å². The van der Waals surface area contributed by atoms with Gasteiger partial charge in [-0.15, -0.1) is 0 Å². The fourth-order valence-electron chi connectivity index (χ4n) is 6.56. The van der Waals surface area contributed by atoms with Crippen LogP contribution in [0.2, 0.25) is 10.0 Å². The number of benzene rings is 4. The molecule has 0 spiro atoms. The van der Waals surface area contributed by atoms with Gasteiger partial charge in [-0.3, -0.25) is 9.59 Å². The molecular weight excluding hydrogens is 687 g/mol. The highest BCUT2D eigenvalue weighted by Crippen LogP contribution is 2.45. The molecular formula is C36H28Cl2N4O8. The number of anilines is 2. The van der Waals surface area contributed by atoms with Gasteiger partial charge in [0.2, 0.25) is 0 Å². The molecule has 4 heterocycles. The van der Waals surface area contributed by atoms with Gasteiger partial charge in [0.25, 0.3) is 11.8 Å². The highest BCUT2D eigenvalue weighted by atomic mass is 35.5. The number of nitrogens with one attached hydrogen (secondary N) is 2. The van der Waals surface area contributed by atoms with Crippen LogP contribution >= 0.6 is 23.2 Å². The lowest BCUT2D eigenvalue weighted by Crippen LogP contribution is -2.46. The van der Waals surface area contributed by atoms with Gasteiger partial charge in [0.1, 0.15) is 24.7 Å². The quantitative estimate of drug-likeness (QED) is 0.250. The number of rotatable bonds is 7. The van der Waals surface area contributed by atoms with Gasteiger partial charge in [-0.05, 0) is 35.4 Å². The number of carbonyl (C=O) groups is 4. The molecule has 4 aliphatic heterocycles. The summed E-state index contributed by atoms with van der Waals surface area (Å²) in [5.74, 6) is 0.605. The maximum Gasteiger partial charge on any atom is 0.407 e.